The van der Waals surface area contributed by atoms with E-state index in [1.165, 1.54) is 18.2 Å². The summed E-state index contributed by atoms with van der Waals surface area (Å²) in [6, 6.07) is 9.40. The van der Waals surface area contributed by atoms with Crippen molar-refractivity contribution in [3.8, 4) is 0 Å². The quantitative estimate of drug-likeness (QED) is 0.802. The van der Waals surface area contributed by atoms with Gasteiger partial charge in [0.15, 0.2) is 0 Å². The predicted molar refractivity (Wildman–Crippen MR) is 85.6 cm³/mol. The van der Waals surface area contributed by atoms with Crippen molar-refractivity contribution in [3.63, 3.8) is 0 Å². The summed E-state index contributed by atoms with van der Waals surface area (Å²) in [5.41, 5.74) is 7.41. The molecular formula is C13H12BrClN2O2S. The normalized spacial score (nSPS) is 11.3. The van der Waals surface area contributed by atoms with Gasteiger partial charge in [0.25, 0.3) is 10.0 Å². The zero-order valence-corrected chi connectivity index (χ0v) is 13.7. The summed E-state index contributed by atoms with van der Waals surface area (Å²) >= 11 is 9.18. The molecule has 0 atom stereocenters. The van der Waals surface area contributed by atoms with Crippen molar-refractivity contribution < 1.29 is 8.42 Å². The Morgan fingerprint density at radius 1 is 1.20 bits per heavy atom. The maximum Gasteiger partial charge on any atom is 0.261 e. The molecule has 0 saturated heterocycles. The van der Waals surface area contributed by atoms with Gasteiger partial charge in [-0.05, 0) is 58.7 Å². The lowest BCUT2D eigenvalue weighted by Crippen LogP contribution is -2.13. The fourth-order valence-electron chi connectivity index (χ4n) is 1.55. The van der Waals surface area contributed by atoms with Gasteiger partial charge >= 0.3 is 0 Å². The van der Waals surface area contributed by atoms with E-state index in [1.807, 2.05) is 6.92 Å². The van der Waals surface area contributed by atoms with Crippen LogP contribution >= 0.6 is 27.5 Å². The van der Waals surface area contributed by atoms with Crippen molar-refractivity contribution in [2.75, 3.05) is 10.5 Å². The van der Waals surface area contributed by atoms with Crippen molar-refractivity contribution in [1.29, 1.82) is 0 Å². The Balaban J connectivity index is 2.35. The van der Waals surface area contributed by atoms with Gasteiger partial charge in [0, 0.05) is 15.2 Å². The Bertz CT molecular complexity index is 763. The smallest absolute Gasteiger partial charge is 0.261 e. The second-order valence-corrected chi connectivity index (χ2v) is 7.20. The van der Waals surface area contributed by atoms with E-state index >= 15 is 0 Å². The largest absolute Gasteiger partial charge is 0.398 e. The molecule has 0 amide bonds. The first-order chi connectivity index (χ1) is 9.29. The number of nitrogens with one attached hydrogen (secondary N) is 1. The Morgan fingerprint density at radius 2 is 1.90 bits per heavy atom. The van der Waals surface area contributed by atoms with Gasteiger partial charge in [-0.2, -0.15) is 0 Å². The van der Waals surface area contributed by atoms with E-state index in [9.17, 15) is 8.42 Å². The minimum atomic E-state index is -3.68. The number of benzene rings is 2. The van der Waals surface area contributed by atoms with Crippen LogP contribution in [0.3, 0.4) is 0 Å². The maximum atomic E-state index is 12.2. The molecule has 3 N–H and O–H groups in total. The maximum absolute atomic E-state index is 12.2. The van der Waals surface area contributed by atoms with E-state index in [1.54, 1.807) is 18.2 Å². The number of aryl methyl sites for hydroxylation is 1. The van der Waals surface area contributed by atoms with Gasteiger partial charge in [-0.25, -0.2) is 8.42 Å². The fraction of sp³-hybridized carbons (Fsp3) is 0.0769. The second-order valence-electron chi connectivity index (χ2n) is 4.25. The molecule has 0 radical (unpaired) electrons. The number of hydrogen-bond acceptors (Lipinski definition) is 3. The minimum Gasteiger partial charge on any atom is -0.398 e. The van der Waals surface area contributed by atoms with Gasteiger partial charge in [-0.15, -0.1) is 0 Å². The number of hydrogen-bond donors (Lipinski definition) is 2. The number of anilines is 2. The van der Waals surface area contributed by atoms with Crippen molar-refractivity contribution >= 4 is 48.9 Å². The first-order valence-corrected chi connectivity index (χ1v) is 8.29. The summed E-state index contributed by atoms with van der Waals surface area (Å²) < 4.78 is 27.5. The van der Waals surface area contributed by atoms with E-state index < -0.39 is 10.0 Å². The summed E-state index contributed by atoms with van der Waals surface area (Å²) in [5, 5.41) is 0.503. The third-order valence-electron chi connectivity index (χ3n) is 2.71. The summed E-state index contributed by atoms with van der Waals surface area (Å²) in [7, 11) is -3.68. The van der Waals surface area contributed by atoms with Crippen molar-refractivity contribution in [2.45, 2.75) is 11.8 Å². The van der Waals surface area contributed by atoms with Crippen molar-refractivity contribution in [1.82, 2.24) is 0 Å². The molecule has 0 saturated carbocycles. The lowest BCUT2D eigenvalue weighted by molar-refractivity contribution is 0.601. The first kappa shape index (κ1) is 15.2. The Labute approximate surface area is 131 Å². The molecule has 0 aromatic heterocycles. The Morgan fingerprint density at radius 3 is 2.50 bits per heavy atom. The highest BCUT2D eigenvalue weighted by atomic mass is 79.9. The molecular weight excluding hydrogens is 364 g/mol. The molecule has 2 rings (SSSR count). The molecule has 20 heavy (non-hydrogen) atoms. The predicted octanol–water partition coefficient (Wildman–Crippen LogP) is 3.79. The molecule has 0 spiro atoms. The molecule has 2 aromatic carbocycles. The van der Waals surface area contributed by atoms with Gasteiger partial charge in [-0.3, -0.25) is 4.72 Å². The Hall–Kier alpha value is -1.24. The standard InChI is InChI=1S/C13H12BrClN2O2S/c1-8-2-3-9(6-12(8)15)17-20(18,19)10-4-5-13(16)11(14)7-10/h2-7,17H,16H2,1H3. The highest BCUT2D eigenvalue weighted by Gasteiger charge is 2.15. The third kappa shape index (κ3) is 3.26. The lowest BCUT2D eigenvalue weighted by Gasteiger charge is -2.10. The van der Waals surface area contributed by atoms with Crippen LogP contribution in [0.5, 0.6) is 0 Å². The summed E-state index contributed by atoms with van der Waals surface area (Å²) in [5.74, 6) is 0. The number of rotatable bonds is 3. The molecule has 4 nitrogen and oxygen atoms in total. The van der Waals surface area contributed by atoms with Crippen LogP contribution in [0.1, 0.15) is 5.56 Å². The van der Waals surface area contributed by atoms with Crippen LogP contribution in [-0.2, 0) is 10.0 Å². The average molecular weight is 376 g/mol. The number of nitrogen functional groups attached to an aromatic ring is 1. The summed E-state index contributed by atoms with van der Waals surface area (Å²) in [6.07, 6.45) is 0. The molecule has 0 aliphatic carbocycles. The van der Waals surface area contributed by atoms with E-state index in [-0.39, 0.29) is 4.90 Å². The molecule has 0 fully saturated rings. The first-order valence-electron chi connectivity index (χ1n) is 5.63. The highest BCUT2D eigenvalue weighted by molar-refractivity contribution is 9.10. The SMILES string of the molecule is Cc1ccc(NS(=O)(=O)c2ccc(N)c(Br)c2)cc1Cl. The molecule has 0 unspecified atom stereocenters. The van der Waals surface area contributed by atoms with Crippen LogP contribution in [0.2, 0.25) is 5.02 Å². The van der Waals surface area contributed by atoms with Crippen LogP contribution in [0.4, 0.5) is 11.4 Å². The van der Waals surface area contributed by atoms with Gasteiger partial charge in [0.05, 0.1) is 10.6 Å². The highest BCUT2D eigenvalue weighted by Crippen LogP contribution is 2.26. The minimum absolute atomic E-state index is 0.121. The van der Waals surface area contributed by atoms with E-state index in [4.69, 9.17) is 17.3 Å². The molecule has 106 valence electrons. The van der Waals surface area contributed by atoms with Gasteiger partial charge < -0.3 is 5.73 Å². The molecule has 2 aromatic rings. The fourth-order valence-corrected chi connectivity index (χ4v) is 3.33. The van der Waals surface area contributed by atoms with Crippen LogP contribution in [0.25, 0.3) is 0 Å². The summed E-state index contributed by atoms with van der Waals surface area (Å²) in [4.78, 5) is 0.121. The topological polar surface area (TPSA) is 72.2 Å². The van der Waals surface area contributed by atoms with Gasteiger partial charge in [-0.1, -0.05) is 17.7 Å². The number of nitrogens with two attached hydrogens (primary N) is 1. The van der Waals surface area contributed by atoms with Gasteiger partial charge in [0.2, 0.25) is 0 Å². The number of halogens is 2. The van der Waals surface area contributed by atoms with E-state index in [2.05, 4.69) is 20.7 Å². The average Bonchev–Trinajstić information content (AvgIpc) is 2.37. The van der Waals surface area contributed by atoms with Crippen molar-refractivity contribution in [3.05, 3.63) is 51.5 Å². The monoisotopic (exact) mass is 374 g/mol. The number of sulfonamides is 1. The molecule has 0 aliphatic heterocycles. The zero-order chi connectivity index (χ0) is 14.9. The molecule has 7 heteroatoms. The molecule has 0 heterocycles. The summed E-state index contributed by atoms with van der Waals surface area (Å²) in [6.45, 7) is 1.84. The second kappa shape index (κ2) is 5.63. The molecule has 0 aliphatic rings. The van der Waals surface area contributed by atoms with E-state index in [0.29, 0.717) is 20.9 Å². The third-order valence-corrected chi connectivity index (χ3v) is 5.18. The van der Waals surface area contributed by atoms with Crippen LogP contribution in [0, 0.1) is 6.92 Å². The van der Waals surface area contributed by atoms with Crippen LogP contribution in [0.15, 0.2) is 45.8 Å². The van der Waals surface area contributed by atoms with Crippen LogP contribution < -0.4 is 10.5 Å². The van der Waals surface area contributed by atoms with Gasteiger partial charge in [0.1, 0.15) is 0 Å². The van der Waals surface area contributed by atoms with E-state index in [0.717, 1.165) is 5.56 Å². The zero-order valence-electron chi connectivity index (χ0n) is 10.5. The van der Waals surface area contributed by atoms with Crippen LogP contribution in [-0.4, -0.2) is 8.42 Å². The lowest BCUT2D eigenvalue weighted by atomic mass is 10.2. The van der Waals surface area contributed by atoms with Crippen molar-refractivity contribution in [2.24, 2.45) is 0 Å². The Kier molecular flexibility index (Phi) is 4.27. The molecule has 0 bridgehead atoms.